The van der Waals surface area contributed by atoms with Gasteiger partial charge in [0.25, 0.3) is 0 Å². The minimum Gasteiger partial charge on any atom is -0.379 e. The van der Waals surface area contributed by atoms with E-state index in [0.717, 1.165) is 25.0 Å². The van der Waals surface area contributed by atoms with Crippen molar-refractivity contribution in [2.75, 3.05) is 25.5 Å². The van der Waals surface area contributed by atoms with Crippen LogP contribution in [0.4, 0.5) is 23.2 Å². The number of allylic oxidation sites excluding steroid dienone is 2. The van der Waals surface area contributed by atoms with Crippen molar-refractivity contribution in [2.45, 2.75) is 63.0 Å². The summed E-state index contributed by atoms with van der Waals surface area (Å²) < 4.78 is 56.1. The monoisotopic (exact) mass is 516 g/mol. The highest BCUT2D eigenvalue weighted by molar-refractivity contribution is 6.01. The molecule has 2 aliphatic carbocycles. The van der Waals surface area contributed by atoms with Crippen molar-refractivity contribution in [1.29, 1.82) is 0 Å². The van der Waals surface area contributed by atoms with Crippen molar-refractivity contribution in [2.24, 2.45) is 5.92 Å². The lowest BCUT2D eigenvalue weighted by Crippen LogP contribution is -2.46. The fourth-order valence-corrected chi connectivity index (χ4v) is 5.21. The van der Waals surface area contributed by atoms with Gasteiger partial charge in [0, 0.05) is 41.5 Å². The van der Waals surface area contributed by atoms with E-state index in [9.17, 15) is 22.4 Å². The zero-order chi connectivity index (χ0) is 26.3. The van der Waals surface area contributed by atoms with Crippen molar-refractivity contribution >= 4 is 33.5 Å². The summed E-state index contributed by atoms with van der Waals surface area (Å²) in [7, 11) is 1.87. The van der Waals surface area contributed by atoms with Crippen LogP contribution < -0.4 is 10.6 Å². The van der Waals surface area contributed by atoms with E-state index in [4.69, 9.17) is 0 Å². The molecule has 1 unspecified atom stereocenters. The molecule has 9 heteroatoms. The second-order valence-corrected chi connectivity index (χ2v) is 10.5. The number of anilines is 1. The summed E-state index contributed by atoms with van der Waals surface area (Å²) >= 11 is 0. The zero-order valence-corrected chi connectivity index (χ0v) is 20.9. The standard InChI is InChI=1S/C28H32F4N4O/c1-16(28(30,31)32)26-20-4-3-5-23(34-24-12-13-36(2)15-22(24)29)21(20)14-25(35-26)17-8-10-19(11-9-17)33-27(37)18-6-7-18/h3-5,8,14,18-19,22,24,34H,1,6-7,9-13,15H2,2H3,(H,33,37)/t19?,22-,24+/m0/s1. The van der Waals surface area contributed by atoms with Gasteiger partial charge in [-0.05, 0) is 63.3 Å². The van der Waals surface area contributed by atoms with Gasteiger partial charge in [-0.25, -0.2) is 9.37 Å². The average Bonchev–Trinajstić information content (AvgIpc) is 3.70. The van der Waals surface area contributed by atoms with Crippen LogP contribution >= 0.6 is 0 Å². The number of nitrogens with zero attached hydrogens (tertiary/aromatic N) is 2. The number of benzene rings is 1. The first-order valence-electron chi connectivity index (χ1n) is 12.9. The molecule has 0 bridgehead atoms. The quantitative estimate of drug-likeness (QED) is 0.482. The third-order valence-electron chi connectivity index (χ3n) is 7.62. The summed E-state index contributed by atoms with van der Waals surface area (Å²) in [5, 5.41) is 7.23. The van der Waals surface area contributed by atoms with Gasteiger partial charge in [-0.15, -0.1) is 0 Å². The highest BCUT2D eigenvalue weighted by atomic mass is 19.4. The van der Waals surface area contributed by atoms with Gasteiger partial charge in [-0.1, -0.05) is 24.8 Å². The first-order chi connectivity index (χ1) is 17.6. The smallest absolute Gasteiger partial charge is 0.379 e. The Hall–Kier alpha value is -2.94. The molecular weight excluding hydrogens is 484 g/mol. The first kappa shape index (κ1) is 25.7. The van der Waals surface area contributed by atoms with E-state index in [1.807, 2.05) is 18.0 Å². The van der Waals surface area contributed by atoms with Crippen LogP contribution in [-0.4, -0.2) is 60.4 Å². The van der Waals surface area contributed by atoms with Gasteiger partial charge < -0.3 is 15.5 Å². The van der Waals surface area contributed by atoms with Crippen molar-refractivity contribution in [3.05, 3.63) is 48.3 Å². The molecule has 2 N–H and O–H groups in total. The van der Waals surface area contributed by atoms with Gasteiger partial charge >= 0.3 is 6.18 Å². The molecule has 2 aromatic rings. The summed E-state index contributed by atoms with van der Waals surface area (Å²) in [6, 6.07) is 6.42. The van der Waals surface area contributed by atoms with Crippen molar-refractivity contribution in [1.82, 2.24) is 15.2 Å². The number of pyridine rings is 1. The van der Waals surface area contributed by atoms with Crippen molar-refractivity contribution in [3.63, 3.8) is 0 Å². The Kier molecular flexibility index (Phi) is 7.00. The molecule has 3 atom stereocenters. The maximum Gasteiger partial charge on any atom is 0.417 e. The van der Waals surface area contributed by atoms with Gasteiger partial charge in [0.2, 0.25) is 5.91 Å². The molecule has 1 amide bonds. The van der Waals surface area contributed by atoms with E-state index in [2.05, 4.69) is 22.2 Å². The zero-order valence-electron chi connectivity index (χ0n) is 20.9. The number of likely N-dealkylation sites (tertiary alicyclic amines) is 1. The lowest BCUT2D eigenvalue weighted by Gasteiger charge is -2.33. The molecule has 5 nitrogen and oxygen atoms in total. The molecule has 1 aliphatic heterocycles. The Bertz CT molecular complexity index is 1240. The second kappa shape index (κ2) is 10.1. The Morgan fingerprint density at radius 1 is 1.16 bits per heavy atom. The number of alkyl halides is 4. The molecule has 1 aromatic heterocycles. The fraction of sp³-hybridized carbons (Fsp3) is 0.500. The number of halogens is 4. The van der Waals surface area contributed by atoms with Crippen LogP contribution in [0, 0.1) is 5.92 Å². The summed E-state index contributed by atoms with van der Waals surface area (Å²) in [6.07, 6.45) is 0.563. The number of fused-ring (bicyclic) bond motifs is 1. The average molecular weight is 517 g/mol. The molecule has 2 heterocycles. The van der Waals surface area contributed by atoms with Crippen LogP contribution in [-0.2, 0) is 4.79 Å². The Morgan fingerprint density at radius 3 is 2.59 bits per heavy atom. The predicted octanol–water partition coefficient (Wildman–Crippen LogP) is 5.73. The van der Waals surface area contributed by atoms with Crippen LogP contribution in [0.5, 0.6) is 0 Å². The molecule has 0 spiro atoms. The number of piperidine rings is 1. The van der Waals surface area contributed by atoms with Crippen LogP contribution in [0.3, 0.4) is 0 Å². The first-order valence-corrected chi connectivity index (χ1v) is 12.9. The van der Waals surface area contributed by atoms with Gasteiger partial charge in [-0.2, -0.15) is 13.2 Å². The van der Waals surface area contributed by atoms with E-state index in [0.29, 0.717) is 54.4 Å². The van der Waals surface area contributed by atoms with Gasteiger partial charge in [0.1, 0.15) is 6.17 Å². The Morgan fingerprint density at radius 2 is 1.95 bits per heavy atom. The SMILES string of the molecule is C=C(c1nc(C2=CCC(NC(=O)C3CC3)CC2)cc2c(N[C@@H]3CCN(C)C[C@@H]3F)cccc12)C(F)(F)F. The molecule has 1 aromatic carbocycles. The number of hydrogen-bond acceptors (Lipinski definition) is 4. The molecule has 0 radical (unpaired) electrons. The minimum atomic E-state index is -4.64. The molecular formula is C28H32F4N4O. The van der Waals surface area contributed by atoms with E-state index in [-0.39, 0.29) is 23.6 Å². The number of amides is 1. The topological polar surface area (TPSA) is 57.3 Å². The van der Waals surface area contributed by atoms with Gasteiger partial charge in [-0.3, -0.25) is 4.79 Å². The highest BCUT2D eigenvalue weighted by Crippen LogP contribution is 2.39. The van der Waals surface area contributed by atoms with E-state index >= 15 is 0 Å². The number of carbonyl (C=O) groups excluding carboxylic acids is 1. The number of aromatic nitrogens is 1. The van der Waals surface area contributed by atoms with E-state index in [1.54, 1.807) is 24.3 Å². The predicted molar refractivity (Wildman–Crippen MR) is 138 cm³/mol. The van der Waals surface area contributed by atoms with Crippen LogP contribution in [0.1, 0.15) is 49.9 Å². The van der Waals surface area contributed by atoms with Gasteiger partial charge in [0.15, 0.2) is 0 Å². The van der Waals surface area contributed by atoms with E-state index in [1.165, 1.54) is 0 Å². The second-order valence-electron chi connectivity index (χ2n) is 10.5. The molecule has 2 fully saturated rings. The van der Waals surface area contributed by atoms with Crippen molar-refractivity contribution < 1.29 is 22.4 Å². The van der Waals surface area contributed by atoms with Crippen LogP contribution in [0.15, 0.2) is 36.9 Å². The van der Waals surface area contributed by atoms with E-state index < -0.39 is 24.0 Å². The number of rotatable bonds is 6. The lowest BCUT2D eigenvalue weighted by molar-refractivity contribution is -0.123. The highest BCUT2D eigenvalue weighted by Gasteiger charge is 2.36. The number of carbonyl (C=O) groups is 1. The van der Waals surface area contributed by atoms with Crippen molar-refractivity contribution in [3.8, 4) is 0 Å². The third kappa shape index (κ3) is 5.66. The largest absolute Gasteiger partial charge is 0.417 e. The normalized spacial score (nSPS) is 25.0. The molecule has 37 heavy (non-hydrogen) atoms. The lowest BCUT2D eigenvalue weighted by atomic mass is 9.91. The minimum absolute atomic E-state index is 0.0186. The maximum absolute atomic E-state index is 14.8. The summed E-state index contributed by atoms with van der Waals surface area (Å²) in [5.74, 6) is 0.216. The third-order valence-corrected chi connectivity index (χ3v) is 7.62. The Balaban J connectivity index is 1.49. The number of hydrogen-bond donors (Lipinski definition) is 2. The summed E-state index contributed by atoms with van der Waals surface area (Å²) in [4.78, 5) is 18.5. The van der Waals surface area contributed by atoms with Gasteiger partial charge in [0.05, 0.1) is 23.0 Å². The molecule has 1 saturated carbocycles. The fourth-order valence-electron chi connectivity index (χ4n) is 5.21. The number of nitrogens with one attached hydrogen (secondary N) is 2. The maximum atomic E-state index is 14.8. The molecule has 198 valence electrons. The molecule has 1 saturated heterocycles. The Labute approximate surface area is 214 Å². The summed E-state index contributed by atoms with van der Waals surface area (Å²) in [6.45, 7) is 4.36. The van der Waals surface area contributed by atoms with Crippen LogP contribution in [0.2, 0.25) is 0 Å². The molecule has 3 aliphatic rings. The molecule has 5 rings (SSSR count). The van der Waals surface area contributed by atoms with Crippen LogP contribution in [0.25, 0.3) is 21.9 Å². The summed E-state index contributed by atoms with van der Waals surface area (Å²) in [5.41, 5.74) is 0.654.